The zero-order valence-corrected chi connectivity index (χ0v) is 24.6. The van der Waals surface area contributed by atoms with Crippen molar-refractivity contribution in [2.45, 2.75) is 51.2 Å². The van der Waals surface area contributed by atoms with E-state index in [1.807, 2.05) is 45.0 Å². The third-order valence-electron chi connectivity index (χ3n) is 6.30. The first kappa shape index (κ1) is 30.5. The number of hydrogen-bond acceptors (Lipinski definition) is 6. The number of methoxy groups -OCH3 is 2. The number of sulfonamides is 1. The first-order valence-electron chi connectivity index (χ1n) is 12.9. The summed E-state index contributed by atoms with van der Waals surface area (Å²) in [6.45, 7) is 6.77. The second-order valence-corrected chi connectivity index (χ2v) is 11.6. The zero-order chi connectivity index (χ0) is 29.4. The topological polar surface area (TPSA) is 105 Å². The zero-order valence-electron chi connectivity index (χ0n) is 23.7. The molecule has 0 saturated carbocycles. The van der Waals surface area contributed by atoms with Crippen LogP contribution in [-0.2, 0) is 26.2 Å². The van der Waals surface area contributed by atoms with Gasteiger partial charge in [0.05, 0.1) is 24.8 Å². The van der Waals surface area contributed by atoms with Gasteiger partial charge in [0.15, 0.2) is 0 Å². The van der Waals surface area contributed by atoms with Gasteiger partial charge in [-0.25, -0.2) is 8.42 Å². The summed E-state index contributed by atoms with van der Waals surface area (Å²) in [4.78, 5) is 28.5. The van der Waals surface area contributed by atoms with Gasteiger partial charge in [-0.3, -0.25) is 13.9 Å². The van der Waals surface area contributed by atoms with Crippen molar-refractivity contribution in [1.82, 2.24) is 10.2 Å². The lowest BCUT2D eigenvalue weighted by Crippen LogP contribution is -2.52. The maximum atomic E-state index is 14.0. The standard InChI is InChI=1S/C30H37N3O6S/c1-21(2)31-30(35)23(4)32(19-24-12-10-11-22(3)17-24)29(34)20-33(40(36,37)26-13-8-7-9-14-26)27-18-25(38-5)15-16-28(27)39-6/h7-18,21,23H,19-20H2,1-6H3,(H,31,35)/t23-/m0/s1. The van der Waals surface area contributed by atoms with Crippen molar-refractivity contribution >= 4 is 27.5 Å². The molecule has 9 nitrogen and oxygen atoms in total. The molecule has 0 bridgehead atoms. The first-order chi connectivity index (χ1) is 19.0. The van der Waals surface area contributed by atoms with Crippen LogP contribution < -0.4 is 19.1 Å². The number of anilines is 1. The van der Waals surface area contributed by atoms with Gasteiger partial charge in [-0.2, -0.15) is 0 Å². The fourth-order valence-electron chi connectivity index (χ4n) is 4.22. The largest absolute Gasteiger partial charge is 0.497 e. The molecule has 0 aliphatic carbocycles. The quantitative estimate of drug-likeness (QED) is 0.353. The average Bonchev–Trinajstić information content (AvgIpc) is 2.93. The molecule has 0 heterocycles. The van der Waals surface area contributed by atoms with Gasteiger partial charge in [0.2, 0.25) is 11.8 Å². The number of benzene rings is 3. The number of carbonyl (C=O) groups is 2. The SMILES string of the molecule is COc1ccc(OC)c(N(CC(=O)N(Cc2cccc(C)c2)[C@@H](C)C(=O)NC(C)C)S(=O)(=O)c2ccccc2)c1. The molecule has 2 amide bonds. The molecular formula is C30H37N3O6S. The van der Waals surface area contributed by atoms with Crippen molar-refractivity contribution in [1.29, 1.82) is 0 Å². The number of rotatable bonds is 12. The van der Waals surface area contributed by atoms with Crippen molar-refractivity contribution in [3.63, 3.8) is 0 Å². The van der Waals surface area contributed by atoms with Crippen molar-refractivity contribution in [2.75, 3.05) is 25.1 Å². The van der Waals surface area contributed by atoms with E-state index in [2.05, 4.69) is 5.32 Å². The summed E-state index contributed by atoms with van der Waals surface area (Å²) < 4.78 is 39.8. The molecule has 1 N–H and O–H groups in total. The number of nitrogens with one attached hydrogen (secondary N) is 1. The van der Waals surface area contributed by atoms with Gasteiger partial charge in [0.1, 0.15) is 24.1 Å². The summed E-state index contributed by atoms with van der Waals surface area (Å²) in [5.41, 5.74) is 1.95. The fourth-order valence-corrected chi connectivity index (χ4v) is 5.66. The highest BCUT2D eigenvalue weighted by Gasteiger charge is 2.34. The minimum absolute atomic E-state index is 0.00325. The normalized spacial score (nSPS) is 12.0. The molecule has 0 unspecified atom stereocenters. The van der Waals surface area contributed by atoms with Crippen LogP contribution in [-0.4, -0.2) is 58.0 Å². The van der Waals surface area contributed by atoms with E-state index in [-0.39, 0.29) is 34.8 Å². The van der Waals surface area contributed by atoms with Crippen molar-refractivity contribution in [2.24, 2.45) is 0 Å². The van der Waals surface area contributed by atoms with E-state index in [9.17, 15) is 18.0 Å². The highest BCUT2D eigenvalue weighted by molar-refractivity contribution is 7.92. The van der Waals surface area contributed by atoms with Gasteiger partial charge in [-0.1, -0.05) is 48.0 Å². The van der Waals surface area contributed by atoms with Crippen LogP contribution in [0.2, 0.25) is 0 Å². The Morgan fingerprint density at radius 3 is 2.20 bits per heavy atom. The van der Waals surface area contributed by atoms with E-state index in [4.69, 9.17) is 9.47 Å². The van der Waals surface area contributed by atoms with Gasteiger partial charge in [0, 0.05) is 18.7 Å². The summed E-state index contributed by atoms with van der Waals surface area (Å²) in [7, 11) is -1.35. The summed E-state index contributed by atoms with van der Waals surface area (Å²) >= 11 is 0. The lowest BCUT2D eigenvalue weighted by molar-refractivity contribution is -0.139. The van der Waals surface area contributed by atoms with Crippen LogP contribution >= 0.6 is 0 Å². The van der Waals surface area contributed by atoms with Crippen LogP contribution in [0.15, 0.2) is 77.7 Å². The number of hydrogen-bond donors (Lipinski definition) is 1. The van der Waals surface area contributed by atoms with Crippen LogP contribution in [0.4, 0.5) is 5.69 Å². The Labute approximate surface area is 236 Å². The maximum Gasteiger partial charge on any atom is 0.264 e. The molecule has 40 heavy (non-hydrogen) atoms. The Hall–Kier alpha value is -4.05. The molecule has 0 aliphatic rings. The van der Waals surface area contributed by atoms with E-state index >= 15 is 0 Å². The van der Waals surface area contributed by atoms with Gasteiger partial charge in [-0.05, 0) is 57.5 Å². The molecule has 0 saturated heterocycles. The molecule has 0 spiro atoms. The number of carbonyl (C=O) groups excluding carboxylic acids is 2. The molecule has 10 heteroatoms. The Balaban J connectivity index is 2.11. The third-order valence-corrected chi connectivity index (χ3v) is 8.07. The summed E-state index contributed by atoms with van der Waals surface area (Å²) in [6.07, 6.45) is 0. The number of nitrogens with zero attached hydrogens (tertiary/aromatic N) is 2. The highest BCUT2D eigenvalue weighted by atomic mass is 32.2. The van der Waals surface area contributed by atoms with E-state index in [1.165, 1.54) is 37.3 Å². The van der Waals surface area contributed by atoms with Gasteiger partial charge in [0.25, 0.3) is 10.0 Å². The summed E-state index contributed by atoms with van der Waals surface area (Å²) in [5, 5.41) is 2.85. The van der Waals surface area contributed by atoms with Crippen molar-refractivity contribution in [3.05, 3.63) is 83.9 Å². The highest BCUT2D eigenvalue weighted by Crippen LogP contribution is 2.36. The van der Waals surface area contributed by atoms with Gasteiger partial charge in [-0.15, -0.1) is 0 Å². The van der Waals surface area contributed by atoms with E-state index in [0.29, 0.717) is 5.75 Å². The third kappa shape index (κ3) is 7.32. The van der Waals surface area contributed by atoms with Crippen LogP contribution in [0.1, 0.15) is 31.9 Å². The summed E-state index contributed by atoms with van der Waals surface area (Å²) in [6, 6.07) is 19.2. The second-order valence-electron chi connectivity index (χ2n) is 9.71. The monoisotopic (exact) mass is 567 g/mol. The lowest BCUT2D eigenvalue weighted by atomic mass is 10.1. The Morgan fingerprint density at radius 1 is 0.900 bits per heavy atom. The van der Waals surface area contributed by atoms with Crippen LogP contribution in [0.5, 0.6) is 11.5 Å². The minimum Gasteiger partial charge on any atom is -0.497 e. The Morgan fingerprint density at radius 2 is 1.60 bits per heavy atom. The lowest BCUT2D eigenvalue weighted by Gasteiger charge is -2.32. The maximum absolute atomic E-state index is 14.0. The van der Waals surface area contributed by atoms with Crippen molar-refractivity contribution in [3.8, 4) is 11.5 Å². The van der Waals surface area contributed by atoms with Crippen LogP contribution in [0, 0.1) is 6.92 Å². The average molecular weight is 568 g/mol. The molecule has 0 radical (unpaired) electrons. The molecular weight excluding hydrogens is 530 g/mol. The number of ether oxygens (including phenoxy) is 2. The molecule has 3 aromatic rings. The smallest absolute Gasteiger partial charge is 0.264 e. The van der Waals surface area contributed by atoms with Crippen LogP contribution in [0.3, 0.4) is 0 Å². The van der Waals surface area contributed by atoms with E-state index in [1.54, 1.807) is 37.3 Å². The predicted molar refractivity (Wildman–Crippen MR) is 155 cm³/mol. The number of amides is 2. The molecule has 0 aliphatic heterocycles. The summed E-state index contributed by atoms with van der Waals surface area (Å²) in [5.74, 6) is -0.272. The Bertz CT molecular complexity index is 1430. The van der Waals surface area contributed by atoms with Crippen molar-refractivity contribution < 1.29 is 27.5 Å². The molecule has 214 valence electrons. The fraction of sp³-hybridized carbons (Fsp3) is 0.333. The Kier molecular flexibility index (Phi) is 10.2. The molecule has 3 aromatic carbocycles. The number of aryl methyl sites for hydroxylation is 1. The van der Waals surface area contributed by atoms with Crippen LogP contribution in [0.25, 0.3) is 0 Å². The predicted octanol–water partition coefficient (Wildman–Crippen LogP) is 4.15. The van der Waals surface area contributed by atoms with Gasteiger partial charge < -0.3 is 19.7 Å². The molecule has 1 atom stereocenters. The second kappa shape index (κ2) is 13.3. The minimum atomic E-state index is -4.24. The van der Waals surface area contributed by atoms with E-state index < -0.39 is 28.5 Å². The molecule has 3 rings (SSSR count). The molecule has 0 aromatic heterocycles. The molecule has 0 fully saturated rings. The van der Waals surface area contributed by atoms with Gasteiger partial charge >= 0.3 is 0 Å². The first-order valence-corrected chi connectivity index (χ1v) is 14.4. The van der Waals surface area contributed by atoms with E-state index in [0.717, 1.165) is 15.4 Å².